The first-order valence-electron chi connectivity index (χ1n) is 10.4. The summed E-state index contributed by atoms with van der Waals surface area (Å²) in [6, 6.07) is 13.6. The molecule has 1 fully saturated rings. The molecule has 4 rings (SSSR count). The number of nitrogens with one attached hydrogen (secondary N) is 2. The number of carbonyl (C=O) groups excluding carboxylic acids is 2. The van der Waals surface area contributed by atoms with E-state index < -0.39 is 11.8 Å². The number of piperidine rings is 1. The molecule has 8 heteroatoms. The highest BCUT2D eigenvalue weighted by Gasteiger charge is 2.23. The summed E-state index contributed by atoms with van der Waals surface area (Å²) in [6.07, 6.45) is 1.90. The second-order valence-electron chi connectivity index (χ2n) is 7.76. The molecule has 0 bridgehead atoms. The van der Waals surface area contributed by atoms with Gasteiger partial charge < -0.3 is 20.3 Å². The molecule has 1 aliphatic heterocycles. The van der Waals surface area contributed by atoms with Gasteiger partial charge in [0.2, 0.25) is 0 Å². The molecule has 1 saturated heterocycles. The lowest BCUT2D eigenvalue weighted by atomic mass is 9.97. The third-order valence-electron chi connectivity index (χ3n) is 5.53. The molecule has 1 aromatic heterocycles. The Hall–Kier alpha value is -3.13. The number of fused-ring (bicyclic) bond motifs is 1. The first kappa shape index (κ1) is 21.1. The van der Waals surface area contributed by atoms with Crippen LogP contribution < -0.4 is 20.3 Å². The fraction of sp³-hybridized carbons (Fsp3) is 0.348. The maximum Gasteiger partial charge on any atom is 0.313 e. The summed E-state index contributed by atoms with van der Waals surface area (Å²) >= 11 is 1.71. The zero-order valence-corrected chi connectivity index (χ0v) is 18.5. The molecular formula is C23H26N4O3S. The van der Waals surface area contributed by atoms with Gasteiger partial charge in [-0.15, -0.1) is 0 Å². The third-order valence-corrected chi connectivity index (χ3v) is 6.63. The number of aromatic nitrogens is 1. The van der Waals surface area contributed by atoms with Gasteiger partial charge in [-0.3, -0.25) is 9.59 Å². The number of para-hydroxylation sites is 1. The third kappa shape index (κ3) is 4.96. The van der Waals surface area contributed by atoms with E-state index in [0.29, 0.717) is 23.9 Å². The lowest BCUT2D eigenvalue weighted by Crippen LogP contribution is -2.41. The molecule has 0 saturated carbocycles. The summed E-state index contributed by atoms with van der Waals surface area (Å²) in [6.45, 7) is 4.20. The lowest BCUT2D eigenvalue weighted by molar-refractivity contribution is -0.136. The minimum Gasteiger partial charge on any atom is -0.495 e. The van der Waals surface area contributed by atoms with Crippen LogP contribution in [0.25, 0.3) is 10.2 Å². The molecule has 0 aliphatic carbocycles. The number of carbonyl (C=O) groups is 2. The fourth-order valence-corrected chi connectivity index (χ4v) is 4.76. The largest absolute Gasteiger partial charge is 0.495 e. The summed E-state index contributed by atoms with van der Waals surface area (Å²) in [5.74, 6) is -0.446. The summed E-state index contributed by atoms with van der Waals surface area (Å²) < 4.78 is 6.44. The second kappa shape index (κ2) is 9.34. The van der Waals surface area contributed by atoms with Gasteiger partial charge in [-0.25, -0.2) is 4.98 Å². The Morgan fingerprint density at radius 2 is 1.94 bits per heavy atom. The van der Waals surface area contributed by atoms with Gasteiger partial charge in [0.1, 0.15) is 5.75 Å². The molecule has 0 radical (unpaired) electrons. The van der Waals surface area contributed by atoms with Crippen LogP contribution in [0, 0.1) is 12.8 Å². The van der Waals surface area contributed by atoms with Gasteiger partial charge in [0.25, 0.3) is 0 Å². The van der Waals surface area contributed by atoms with Crippen molar-refractivity contribution in [1.29, 1.82) is 0 Å². The van der Waals surface area contributed by atoms with Crippen molar-refractivity contribution in [2.45, 2.75) is 19.8 Å². The van der Waals surface area contributed by atoms with Gasteiger partial charge in [-0.2, -0.15) is 0 Å². The highest BCUT2D eigenvalue weighted by atomic mass is 32.1. The van der Waals surface area contributed by atoms with Gasteiger partial charge >= 0.3 is 11.8 Å². The van der Waals surface area contributed by atoms with E-state index in [1.165, 1.54) is 11.8 Å². The van der Waals surface area contributed by atoms with Crippen molar-refractivity contribution in [3.8, 4) is 5.75 Å². The molecule has 7 nitrogen and oxygen atoms in total. The lowest BCUT2D eigenvalue weighted by Gasteiger charge is -2.31. The quantitative estimate of drug-likeness (QED) is 0.595. The SMILES string of the molecule is COc1ccc(C)cc1NC(=O)C(=O)NCC1CCN(c2nc3ccccc3s2)CC1. The first-order valence-corrected chi connectivity index (χ1v) is 11.2. The summed E-state index contributed by atoms with van der Waals surface area (Å²) in [5, 5.41) is 6.47. The van der Waals surface area contributed by atoms with Crippen LogP contribution in [0.1, 0.15) is 18.4 Å². The molecule has 0 atom stereocenters. The Morgan fingerprint density at radius 3 is 2.68 bits per heavy atom. The Balaban J connectivity index is 1.26. The minimum absolute atomic E-state index is 0.343. The summed E-state index contributed by atoms with van der Waals surface area (Å²) in [7, 11) is 1.53. The number of amides is 2. The van der Waals surface area contributed by atoms with E-state index in [0.717, 1.165) is 42.1 Å². The topological polar surface area (TPSA) is 83.6 Å². The number of methoxy groups -OCH3 is 1. The Kier molecular flexibility index (Phi) is 6.36. The average molecular weight is 439 g/mol. The van der Waals surface area contributed by atoms with E-state index in [4.69, 9.17) is 9.72 Å². The zero-order chi connectivity index (χ0) is 21.8. The van der Waals surface area contributed by atoms with Gasteiger partial charge in [-0.1, -0.05) is 29.5 Å². The number of rotatable bonds is 5. The van der Waals surface area contributed by atoms with E-state index in [2.05, 4.69) is 21.6 Å². The van der Waals surface area contributed by atoms with Crippen LogP contribution >= 0.6 is 11.3 Å². The van der Waals surface area contributed by atoms with E-state index >= 15 is 0 Å². The van der Waals surface area contributed by atoms with Crippen LogP contribution in [0.5, 0.6) is 5.75 Å². The van der Waals surface area contributed by atoms with E-state index in [-0.39, 0.29) is 0 Å². The predicted octanol–water partition coefficient (Wildman–Crippen LogP) is 3.58. The zero-order valence-electron chi connectivity index (χ0n) is 17.7. The number of hydrogen-bond donors (Lipinski definition) is 2. The van der Waals surface area contributed by atoms with Crippen molar-refractivity contribution in [2.24, 2.45) is 5.92 Å². The standard InChI is InChI=1S/C23H26N4O3S/c1-15-7-8-19(30-2)18(13-15)25-22(29)21(28)24-14-16-9-11-27(12-10-16)23-26-17-5-3-4-6-20(17)31-23/h3-8,13,16H,9-12,14H2,1-2H3,(H,24,28)(H,25,29). The normalized spacial score (nSPS) is 14.5. The van der Waals surface area contributed by atoms with Gasteiger partial charge in [0.05, 0.1) is 23.0 Å². The van der Waals surface area contributed by atoms with Gasteiger partial charge in [0.15, 0.2) is 5.13 Å². The van der Waals surface area contributed by atoms with E-state index in [1.807, 2.05) is 31.2 Å². The molecule has 2 amide bonds. The molecule has 0 unspecified atom stereocenters. The summed E-state index contributed by atoms with van der Waals surface area (Å²) in [5.41, 5.74) is 2.50. The summed E-state index contributed by atoms with van der Waals surface area (Å²) in [4.78, 5) is 31.6. The van der Waals surface area contributed by atoms with Crippen molar-refractivity contribution in [1.82, 2.24) is 10.3 Å². The number of thiazole rings is 1. The van der Waals surface area contributed by atoms with Crippen molar-refractivity contribution in [3.05, 3.63) is 48.0 Å². The number of anilines is 2. The molecule has 2 N–H and O–H groups in total. The van der Waals surface area contributed by atoms with Crippen LogP contribution in [-0.2, 0) is 9.59 Å². The average Bonchev–Trinajstić information content (AvgIpc) is 3.22. The monoisotopic (exact) mass is 438 g/mol. The van der Waals surface area contributed by atoms with Gasteiger partial charge in [0, 0.05) is 19.6 Å². The number of ether oxygens (including phenoxy) is 1. The van der Waals surface area contributed by atoms with Crippen molar-refractivity contribution in [3.63, 3.8) is 0 Å². The Labute approximate surface area is 185 Å². The van der Waals surface area contributed by atoms with Gasteiger partial charge in [-0.05, 0) is 55.5 Å². The molecular weight excluding hydrogens is 412 g/mol. The molecule has 162 valence electrons. The Bertz CT molecular complexity index is 1060. The number of hydrogen-bond acceptors (Lipinski definition) is 6. The van der Waals surface area contributed by atoms with Crippen LogP contribution in [0.2, 0.25) is 0 Å². The molecule has 0 spiro atoms. The highest BCUT2D eigenvalue weighted by molar-refractivity contribution is 7.22. The van der Waals surface area contributed by atoms with Crippen molar-refractivity contribution < 1.29 is 14.3 Å². The highest BCUT2D eigenvalue weighted by Crippen LogP contribution is 2.31. The second-order valence-corrected chi connectivity index (χ2v) is 8.77. The fourth-order valence-electron chi connectivity index (χ4n) is 3.74. The first-order chi connectivity index (χ1) is 15.0. The predicted molar refractivity (Wildman–Crippen MR) is 124 cm³/mol. The van der Waals surface area contributed by atoms with E-state index in [1.54, 1.807) is 23.5 Å². The smallest absolute Gasteiger partial charge is 0.313 e. The maximum absolute atomic E-state index is 12.3. The minimum atomic E-state index is -0.684. The van der Waals surface area contributed by atoms with Crippen molar-refractivity contribution >= 4 is 44.2 Å². The molecule has 2 heterocycles. The number of nitrogens with zero attached hydrogens (tertiary/aromatic N) is 2. The van der Waals surface area contributed by atoms with Crippen LogP contribution in [0.3, 0.4) is 0 Å². The maximum atomic E-state index is 12.3. The number of aryl methyl sites for hydroxylation is 1. The van der Waals surface area contributed by atoms with E-state index in [9.17, 15) is 9.59 Å². The number of benzene rings is 2. The van der Waals surface area contributed by atoms with Crippen LogP contribution in [0.15, 0.2) is 42.5 Å². The van der Waals surface area contributed by atoms with Crippen LogP contribution in [0.4, 0.5) is 10.8 Å². The molecule has 31 heavy (non-hydrogen) atoms. The Morgan fingerprint density at radius 1 is 1.16 bits per heavy atom. The molecule has 1 aliphatic rings. The van der Waals surface area contributed by atoms with Crippen molar-refractivity contribution in [2.75, 3.05) is 37.0 Å². The molecule has 3 aromatic rings. The molecule has 2 aromatic carbocycles. The van der Waals surface area contributed by atoms with Crippen LogP contribution in [-0.4, -0.2) is 43.5 Å².